The summed E-state index contributed by atoms with van der Waals surface area (Å²) in [7, 11) is 0. The average molecular weight is 443 g/mol. The number of rotatable bonds is 6. The zero-order valence-corrected chi connectivity index (χ0v) is 19.0. The van der Waals surface area contributed by atoms with E-state index in [4.69, 9.17) is 19.2 Å². The van der Waals surface area contributed by atoms with E-state index in [1.54, 1.807) is 17.6 Å². The standard InChI is InChI=1S/C21H26N6O3S/c1-5-6-15-9-16-18(26-7-8-27-13(2)24-25-17(27)10-26)22-20(23-19(16)31-15)28-11-14-12-29-21(3,4)30-14/h9,12H,5-8,10-11H2,1-4H3. The number of anilines is 1. The Hall–Kier alpha value is -2.88. The highest BCUT2D eigenvalue weighted by Gasteiger charge is 2.28. The van der Waals surface area contributed by atoms with Crippen LogP contribution in [0.15, 0.2) is 18.1 Å². The first-order chi connectivity index (χ1) is 14.9. The van der Waals surface area contributed by atoms with Crippen molar-refractivity contribution >= 4 is 27.4 Å². The van der Waals surface area contributed by atoms with Crippen LogP contribution >= 0.6 is 11.3 Å². The van der Waals surface area contributed by atoms with E-state index in [0.29, 0.717) is 18.3 Å². The fourth-order valence-corrected chi connectivity index (χ4v) is 4.98. The van der Waals surface area contributed by atoms with Crippen molar-refractivity contribution in [1.29, 1.82) is 0 Å². The van der Waals surface area contributed by atoms with Crippen molar-refractivity contribution in [2.24, 2.45) is 0 Å². The molecule has 0 N–H and O–H groups in total. The molecular formula is C21H26N6O3S. The molecule has 0 aliphatic carbocycles. The summed E-state index contributed by atoms with van der Waals surface area (Å²) in [5, 5.41) is 9.61. The van der Waals surface area contributed by atoms with Crippen LogP contribution in [0.25, 0.3) is 10.2 Å². The van der Waals surface area contributed by atoms with Crippen molar-refractivity contribution in [2.75, 3.05) is 18.1 Å². The summed E-state index contributed by atoms with van der Waals surface area (Å²) in [5.41, 5.74) is 0. The molecule has 9 nitrogen and oxygen atoms in total. The maximum atomic E-state index is 5.92. The third-order valence-corrected chi connectivity index (χ3v) is 6.42. The Morgan fingerprint density at radius 2 is 2.10 bits per heavy atom. The first-order valence-electron chi connectivity index (χ1n) is 10.5. The Morgan fingerprint density at radius 1 is 1.23 bits per heavy atom. The van der Waals surface area contributed by atoms with Crippen LogP contribution in [0.3, 0.4) is 0 Å². The summed E-state index contributed by atoms with van der Waals surface area (Å²) in [6.07, 6.45) is 3.70. The van der Waals surface area contributed by atoms with Crippen LogP contribution < -0.4 is 9.64 Å². The summed E-state index contributed by atoms with van der Waals surface area (Å²) in [4.78, 5) is 13.9. The van der Waals surface area contributed by atoms with E-state index in [-0.39, 0.29) is 6.61 Å². The van der Waals surface area contributed by atoms with Gasteiger partial charge in [-0.15, -0.1) is 21.5 Å². The topological polar surface area (TPSA) is 87.4 Å². The summed E-state index contributed by atoms with van der Waals surface area (Å²) in [5.74, 6) is 2.73. The van der Waals surface area contributed by atoms with E-state index < -0.39 is 5.79 Å². The maximum Gasteiger partial charge on any atom is 0.320 e. The smallest absolute Gasteiger partial charge is 0.320 e. The molecule has 0 radical (unpaired) electrons. The molecule has 10 heteroatoms. The molecule has 0 atom stereocenters. The van der Waals surface area contributed by atoms with Crippen molar-refractivity contribution in [1.82, 2.24) is 24.7 Å². The minimum Gasteiger partial charge on any atom is -0.457 e. The highest BCUT2D eigenvalue weighted by molar-refractivity contribution is 7.18. The molecular weight excluding hydrogens is 416 g/mol. The Kier molecular flexibility index (Phi) is 4.96. The van der Waals surface area contributed by atoms with Crippen molar-refractivity contribution in [2.45, 2.75) is 59.4 Å². The van der Waals surface area contributed by atoms with Crippen molar-refractivity contribution in [3.63, 3.8) is 0 Å². The molecule has 0 bridgehead atoms. The first kappa shape index (κ1) is 20.0. The zero-order chi connectivity index (χ0) is 21.6. The summed E-state index contributed by atoms with van der Waals surface area (Å²) in [6.45, 7) is 10.4. The van der Waals surface area contributed by atoms with Gasteiger partial charge < -0.3 is 23.7 Å². The molecule has 3 aromatic rings. The molecule has 0 fully saturated rings. The first-order valence-corrected chi connectivity index (χ1v) is 11.4. The van der Waals surface area contributed by atoms with Gasteiger partial charge in [-0.05, 0) is 19.4 Å². The number of ether oxygens (including phenoxy) is 3. The van der Waals surface area contributed by atoms with E-state index >= 15 is 0 Å². The van der Waals surface area contributed by atoms with Crippen molar-refractivity contribution in [3.8, 4) is 6.01 Å². The molecule has 164 valence electrons. The Labute approximate surface area is 184 Å². The van der Waals surface area contributed by atoms with Crippen molar-refractivity contribution < 1.29 is 14.2 Å². The van der Waals surface area contributed by atoms with E-state index in [2.05, 4.69) is 37.6 Å². The third-order valence-electron chi connectivity index (χ3n) is 5.33. The fourth-order valence-electron chi connectivity index (χ4n) is 3.87. The van der Waals surface area contributed by atoms with Gasteiger partial charge in [-0.1, -0.05) is 13.3 Å². The monoisotopic (exact) mass is 442 g/mol. The van der Waals surface area contributed by atoms with Gasteiger partial charge in [0.15, 0.2) is 18.2 Å². The van der Waals surface area contributed by atoms with E-state index in [0.717, 1.165) is 53.6 Å². The Balaban J connectivity index is 1.45. The third kappa shape index (κ3) is 3.91. The van der Waals surface area contributed by atoms with E-state index in [9.17, 15) is 0 Å². The number of hydrogen-bond acceptors (Lipinski definition) is 9. The van der Waals surface area contributed by atoms with Crippen LogP contribution in [0.5, 0.6) is 6.01 Å². The predicted octanol–water partition coefficient (Wildman–Crippen LogP) is 3.57. The lowest BCUT2D eigenvalue weighted by molar-refractivity contribution is -0.119. The summed E-state index contributed by atoms with van der Waals surface area (Å²) >= 11 is 1.70. The van der Waals surface area contributed by atoms with E-state index in [1.807, 2.05) is 20.8 Å². The van der Waals surface area contributed by atoms with E-state index in [1.165, 1.54) is 4.88 Å². The molecule has 3 aromatic heterocycles. The lowest BCUT2D eigenvalue weighted by Gasteiger charge is -2.29. The fraction of sp³-hybridized carbons (Fsp3) is 0.524. The lowest BCUT2D eigenvalue weighted by atomic mass is 10.2. The summed E-state index contributed by atoms with van der Waals surface area (Å²) < 4.78 is 19.3. The second-order valence-corrected chi connectivity index (χ2v) is 9.36. The average Bonchev–Trinajstić information content (AvgIpc) is 3.42. The minimum absolute atomic E-state index is 0.217. The molecule has 0 saturated carbocycles. The maximum absolute atomic E-state index is 5.92. The molecule has 5 rings (SSSR count). The molecule has 0 spiro atoms. The summed E-state index contributed by atoms with van der Waals surface area (Å²) in [6, 6.07) is 2.55. The highest BCUT2D eigenvalue weighted by Crippen LogP contribution is 2.35. The van der Waals surface area contributed by atoms with Gasteiger partial charge >= 0.3 is 6.01 Å². The number of aryl methyl sites for hydroxylation is 2. The Bertz CT molecular complexity index is 1150. The van der Waals surface area contributed by atoms with Crippen molar-refractivity contribution in [3.05, 3.63) is 34.6 Å². The molecule has 0 aromatic carbocycles. The lowest BCUT2D eigenvalue weighted by Crippen LogP contribution is -2.35. The second kappa shape index (κ2) is 7.67. The van der Waals surface area contributed by atoms with Gasteiger partial charge in [0, 0.05) is 31.8 Å². The van der Waals surface area contributed by atoms with Gasteiger partial charge in [-0.2, -0.15) is 9.97 Å². The number of fused-ring (bicyclic) bond motifs is 2. The van der Waals surface area contributed by atoms with Gasteiger partial charge in [0.1, 0.15) is 22.7 Å². The van der Waals surface area contributed by atoms with Gasteiger partial charge in [-0.25, -0.2) is 0 Å². The van der Waals surface area contributed by atoms with Crippen LogP contribution in [0.4, 0.5) is 5.82 Å². The number of thiophene rings is 1. The molecule has 2 aliphatic rings. The molecule has 2 aliphatic heterocycles. The SMILES string of the molecule is CCCc1cc2c(N3CCn4c(C)nnc4C3)nc(OCC3=COC(C)(C)O3)nc2s1. The molecule has 31 heavy (non-hydrogen) atoms. The number of nitrogens with zero attached hydrogens (tertiary/aromatic N) is 6. The van der Waals surface area contributed by atoms with Crippen LogP contribution in [-0.2, 0) is 29.0 Å². The minimum atomic E-state index is -0.667. The predicted molar refractivity (Wildman–Crippen MR) is 117 cm³/mol. The number of aromatic nitrogens is 5. The van der Waals surface area contributed by atoms with Crippen LogP contribution in [0.1, 0.15) is 43.7 Å². The number of hydrogen-bond donors (Lipinski definition) is 0. The molecule has 0 saturated heterocycles. The van der Waals surface area contributed by atoms with Crippen LogP contribution in [0, 0.1) is 6.92 Å². The largest absolute Gasteiger partial charge is 0.457 e. The van der Waals surface area contributed by atoms with Gasteiger partial charge in [-0.3, -0.25) is 0 Å². The zero-order valence-electron chi connectivity index (χ0n) is 18.2. The second-order valence-electron chi connectivity index (χ2n) is 8.24. The Morgan fingerprint density at radius 3 is 2.87 bits per heavy atom. The van der Waals surface area contributed by atoms with Gasteiger partial charge in [0.2, 0.25) is 5.79 Å². The highest BCUT2D eigenvalue weighted by atomic mass is 32.1. The molecule has 0 unspecified atom stereocenters. The molecule has 5 heterocycles. The quantitative estimate of drug-likeness (QED) is 0.573. The normalized spacial score (nSPS) is 17.3. The van der Waals surface area contributed by atoms with Crippen LogP contribution in [-0.4, -0.2) is 43.7 Å². The van der Waals surface area contributed by atoms with Crippen LogP contribution in [0.2, 0.25) is 0 Å². The van der Waals surface area contributed by atoms with Gasteiger partial charge in [0.05, 0.1) is 11.9 Å². The van der Waals surface area contributed by atoms with Gasteiger partial charge in [0.25, 0.3) is 0 Å². The molecule has 0 amide bonds.